The molecule has 4 nitrogen and oxygen atoms in total. The highest BCUT2D eigenvalue weighted by molar-refractivity contribution is 6.62. The Balaban J connectivity index is 1.90. The van der Waals surface area contributed by atoms with Crippen molar-refractivity contribution in [2.75, 3.05) is 6.61 Å². The average Bonchev–Trinajstić information content (AvgIpc) is 2.58. The Bertz CT molecular complexity index is 514. The molecule has 0 amide bonds. The van der Waals surface area contributed by atoms with E-state index < -0.39 is 0 Å². The quantitative estimate of drug-likeness (QED) is 0.789. The van der Waals surface area contributed by atoms with Gasteiger partial charge in [-0.05, 0) is 44.3 Å². The normalized spacial score (nSPS) is 27.4. The molecule has 0 aromatic heterocycles. The highest BCUT2D eigenvalue weighted by atomic mass is 16.7. The Morgan fingerprint density at radius 3 is 2.45 bits per heavy atom. The van der Waals surface area contributed by atoms with Gasteiger partial charge in [-0.2, -0.15) is 0 Å². The maximum atomic E-state index is 6.07. The topological polar surface area (TPSA) is 53.7 Å². The molecule has 0 aliphatic carbocycles. The smallest absolute Gasteiger partial charge is 0.399 e. The minimum atomic E-state index is -0.330. The SMILES string of the molecule is CC1(C)OB(c2ccc3c(c2)COC[C@H]3N)OC1(C)C. The maximum Gasteiger partial charge on any atom is 0.494 e. The van der Waals surface area contributed by atoms with E-state index in [1.54, 1.807) is 0 Å². The molecule has 1 fully saturated rings. The summed E-state index contributed by atoms with van der Waals surface area (Å²) >= 11 is 0. The molecule has 0 saturated carbocycles. The summed E-state index contributed by atoms with van der Waals surface area (Å²) in [5.74, 6) is 0. The summed E-state index contributed by atoms with van der Waals surface area (Å²) < 4.78 is 17.6. The molecule has 0 spiro atoms. The number of benzene rings is 1. The summed E-state index contributed by atoms with van der Waals surface area (Å²) in [6, 6.07) is 6.18. The number of hydrogen-bond donors (Lipinski definition) is 1. The first-order valence-corrected chi connectivity index (χ1v) is 7.12. The fraction of sp³-hybridized carbons (Fsp3) is 0.600. The van der Waals surface area contributed by atoms with Crippen LogP contribution < -0.4 is 11.2 Å². The van der Waals surface area contributed by atoms with E-state index in [2.05, 4.69) is 39.8 Å². The van der Waals surface area contributed by atoms with Gasteiger partial charge in [0.2, 0.25) is 0 Å². The highest BCUT2D eigenvalue weighted by Crippen LogP contribution is 2.36. The second-order valence-electron chi connectivity index (χ2n) is 6.67. The van der Waals surface area contributed by atoms with Gasteiger partial charge in [-0.1, -0.05) is 18.2 Å². The van der Waals surface area contributed by atoms with Gasteiger partial charge < -0.3 is 19.8 Å². The van der Waals surface area contributed by atoms with Crippen molar-refractivity contribution in [1.82, 2.24) is 0 Å². The molecule has 5 heteroatoms. The van der Waals surface area contributed by atoms with Crippen LogP contribution in [-0.4, -0.2) is 24.9 Å². The molecule has 108 valence electrons. The molecule has 1 aromatic rings. The summed E-state index contributed by atoms with van der Waals surface area (Å²) in [7, 11) is -0.330. The third kappa shape index (κ3) is 2.19. The number of ether oxygens (including phenoxy) is 1. The summed E-state index contributed by atoms with van der Waals surface area (Å²) in [6.07, 6.45) is 0. The van der Waals surface area contributed by atoms with E-state index in [4.69, 9.17) is 19.8 Å². The molecule has 2 heterocycles. The summed E-state index contributed by atoms with van der Waals surface area (Å²) in [5, 5.41) is 0. The predicted octanol–water partition coefficient (Wildman–Crippen LogP) is 1.52. The first-order valence-electron chi connectivity index (χ1n) is 7.12. The second-order valence-corrected chi connectivity index (χ2v) is 6.67. The van der Waals surface area contributed by atoms with Crippen LogP contribution in [0.15, 0.2) is 18.2 Å². The van der Waals surface area contributed by atoms with Crippen LogP contribution in [0.5, 0.6) is 0 Å². The van der Waals surface area contributed by atoms with Gasteiger partial charge >= 0.3 is 7.12 Å². The minimum Gasteiger partial charge on any atom is -0.399 e. The van der Waals surface area contributed by atoms with Gasteiger partial charge in [0.15, 0.2) is 0 Å². The second kappa shape index (κ2) is 4.56. The lowest BCUT2D eigenvalue weighted by molar-refractivity contribution is 0.00578. The van der Waals surface area contributed by atoms with Gasteiger partial charge in [0, 0.05) is 0 Å². The maximum absolute atomic E-state index is 6.07. The first kappa shape index (κ1) is 14.1. The molecule has 0 bridgehead atoms. The first-order chi connectivity index (χ1) is 9.30. The standard InChI is InChI=1S/C15H22BNO3/c1-14(2)15(3,4)20-16(19-14)11-5-6-12-10(7-11)8-18-9-13(12)17/h5-7,13H,8-9,17H2,1-4H3/t13-/m1/s1. The van der Waals surface area contributed by atoms with E-state index in [-0.39, 0.29) is 24.4 Å². The molecule has 1 aromatic carbocycles. The summed E-state index contributed by atoms with van der Waals surface area (Å²) in [6.45, 7) is 9.43. The van der Waals surface area contributed by atoms with E-state index in [0.717, 1.165) is 16.6 Å². The van der Waals surface area contributed by atoms with Crippen LogP contribution in [0.2, 0.25) is 0 Å². The van der Waals surface area contributed by atoms with E-state index in [1.807, 2.05) is 6.07 Å². The van der Waals surface area contributed by atoms with Crippen LogP contribution in [-0.2, 0) is 20.7 Å². The van der Waals surface area contributed by atoms with Crippen molar-refractivity contribution >= 4 is 12.6 Å². The molecule has 3 rings (SSSR count). The Kier molecular flexibility index (Phi) is 3.21. The van der Waals surface area contributed by atoms with Crippen LogP contribution in [0, 0.1) is 0 Å². The largest absolute Gasteiger partial charge is 0.494 e. The molecule has 2 aliphatic rings. The van der Waals surface area contributed by atoms with Gasteiger partial charge in [0.25, 0.3) is 0 Å². The van der Waals surface area contributed by atoms with Gasteiger partial charge in [0.1, 0.15) is 0 Å². The molecular formula is C15H22BNO3. The average molecular weight is 275 g/mol. The molecular weight excluding hydrogens is 253 g/mol. The van der Waals surface area contributed by atoms with Gasteiger partial charge in [-0.25, -0.2) is 0 Å². The number of rotatable bonds is 1. The van der Waals surface area contributed by atoms with E-state index in [9.17, 15) is 0 Å². The van der Waals surface area contributed by atoms with E-state index >= 15 is 0 Å². The molecule has 20 heavy (non-hydrogen) atoms. The van der Waals surface area contributed by atoms with Crippen molar-refractivity contribution in [1.29, 1.82) is 0 Å². The molecule has 2 N–H and O–H groups in total. The molecule has 2 aliphatic heterocycles. The zero-order valence-corrected chi connectivity index (χ0v) is 12.6. The fourth-order valence-electron chi connectivity index (χ4n) is 2.62. The minimum absolute atomic E-state index is 0.0360. The van der Waals surface area contributed by atoms with E-state index in [1.165, 1.54) is 0 Å². The van der Waals surface area contributed by atoms with Gasteiger partial charge in [0.05, 0.1) is 30.5 Å². The molecule has 1 saturated heterocycles. The monoisotopic (exact) mass is 275 g/mol. The van der Waals surface area contributed by atoms with Gasteiger partial charge in [-0.15, -0.1) is 0 Å². The zero-order chi connectivity index (χ0) is 14.5. The lowest BCUT2D eigenvalue weighted by Crippen LogP contribution is -2.41. The predicted molar refractivity (Wildman–Crippen MR) is 78.7 cm³/mol. The van der Waals surface area contributed by atoms with Crippen LogP contribution in [0.3, 0.4) is 0 Å². The van der Waals surface area contributed by atoms with Crippen molar-refractivity contribution in [3.05, 3.63) is 29.3 Å². The van der Waals surface area contributed by atoms with Crippen LogP contribution in [0.4, 0.5) is 0 Å². The fourth-order valence-corrected chi connectivity index (χ4v) is 2.62. The molecule has 0 unspecified atom stereocenters. The lowest BCUT2D eigenvalue weighted by Gasteiger charge is -2.32. The number of fused-ring (bicyclic) bond motifs is 1. The highest BCUT2D eigenvalue weighted by Gasteiger charge is 2.51. The zero-order valence-electron chi connectivity index (χ0n) is 12.6. The van der Waals surface area contributed by atoms with Crippen molar-refractivity contribution in [3.63, 3.8) is 0 Å². The summed E-state index contributed by atoms with van der Waals surface area (Å²) in [4.78, 5) is 0. The Morgan fingerprint density at radius 1 is 1.15 bits per heavy atom. The van der Waals surface area contributed by atoms with Crippen molar-refractivity contribution in [2.24, 2.45) is 5.73 Å². The van der Waals surface area contributed by atoms with E-state index in [0.29, 0.717) is 13.2 Å². The third-order valence-corrected chi connectivity index (χ3v) is 4.65. The summed E-state index contributed by atoms with van der Waals surface area (Å²) in [5.41, 5.74) is 8.74. The third-order valence-electron chi connectivity index (χ3n) is 4.65. The van der Waals surface area contributed by atoms with Crippen LogP contribution in [0.1, 0.15) is 44.9 Å². The van der Waals surface area contributed by atoms with Gasteiger partial charge in [-0.3, -0.25) is 0 Å². The van der Waals surface area contributed by atoms with Crippen molar-refractivity contribution in [2.45, 2.75) is 51.5 Å². The Labute approximate surface area is 120 Å². The van der Waals surface area contributed by atoms with Crippen molar-refractivity contribution < 1.29 is 14.0 Å². The molecule has 1 atom stereocenters. The Morgan fingerprint density at radius 2 is 1.80 bits per heavy atom. The number of nitrogens with two attached hydrogens (primary N) is 1. The number of hydrogen-bond acceptors (Lipinski definition) is 4. The molecule has 0 radical (unpaired) electrons. The van der Waals surface area contributed by atoms with Crippen LogP contribution in [0.25, 0.3) is 0 Å². The van der Waals surface area contributed by atoms with Crippen LogP contribution >= 0.6 is 0 Å². The Hall–Kier alpha value is -0.875. The lowest BCUT2D eigenvalue weighted by atomic mass is 9.77. The van der Waals surface area contributed by atoms with Crippen molar-refractivity contribution in [3.8, 4) is 0 Å².